The van der Waals surface area contributed by atoms with Crippen LogP contribution >= 0.6 is 0 Å². The summed E-state index contributed by atoms with van der Waals surface area (Å²) in [6.45, 7) is 1.20. The fourth-order valence-corrected chi connectivity index (χ4v) is 5.18. The van der Waals surface area contributed by atoms with E-state index in [9.17, 15) is 22.8 Å². The van der Waals surface area contributed by atoms with Gasteiger partial charge in [0.15, 0.2) is 0 Å². The minimum Gasteiger partial charge on any atom is -0.355 e. The van der Waals surface area contributed by atoms with Crippen LogP contribution in [0.5, 0.6) is 0 Å². The predicted molar refractivity (Wildman–Crippen MR) is 119 cm³/mol. The minimum atomic E-state index is -0.876. The van der Waals surface area contributed by atoms with Crippen LogP contribution in [-0.2, 0) is 10.2 Å². The number of amides is 2. The molecule has 0 spiro atoms. The second-order valence-corrected chi connectivity index (χ2v) is 9.26. The maximum absolute atomic E-state index is 14.0. The average Bonchev–Trinajstić information content (AvgIpc) is 2.83. The molecule has 1 saturated heterocycles. The molecule has 2 fully saturated rings. The molecular formula is C26H29F3N2O2. The summed E-state index contributed by atoms with van der Waals surface area (Å²) in [7, 11) is 0. The Morgan fingerprint density at radius 2 is 1.55 bits per heavy atom. The lowest BCUT2D eigenvalue weighted by Gasteiger charge is -2.39. The van der Waals surface area contributed by atoms with Crippen LogP contribution in [0.25, 0.3) is 0 Å². The van der Waals surface area contributed by atoms with Gasteiger partial charge in [-0.3, -0.25) is 9.59 Å². The first-order valence-corrected chi connectivity index (χ1v) is 11.7. The Bertz CT molecular complexity index is 995. The van der Waals surface area contributed by atoms with Gasteiger partial charge in [-0.25, -0.2) is 13.2 Å². The van der Waals surface area contributed by atoms with E-state index in [1.54, 1.807) is 0 Å². The van der Waals surface area contributed by atoms with Gasteiger partial charge < -0.3 is 10.2 Å². The average molecular weight is 459 g/mol. The van der Waals surface area contributed by atoms with Crippen molar-refractivity contribution >= 4 is 11.8 Å². The van der Waals surface area contributed by atoms with Gasteiger partial charge in [-0.2, -0.15) is 0 Å². The molecular weight excluding hydrogens is 429 g/mol. The van der Waals surface area contributed by atoms with Crippen molar-refractivity contribution in [3.63, 3.8) is 0 Å². The fourth-order valence-electron chi connectivity index (χ4n) is 5.18. The van der Waals surface area contributed by atoms with Crippen LogP contribution in [-0.4, -0.2) is 36.3 Å². The third-order valence-electron chi connectivity index (χ3n) is 7.18. The van der Waals surface area contributed by atoms with Crippen molar-refractivity contribution in [2.45, 2.75) is 50.4 Å². The third kappa shape index (κ3) is 5.23. The zero-order valence-corrected chi connectivity index (χ0v) is 18.6. The summed E-state index contributed by atoms with van der Waals surface area (Å²) in [6.07, 6.45) is 6.21. The molecule has 0 unspecified atom stereocenters. The lowest BCUT2D eigenvalue weighted by Crippen LogP contribution is -2.47. The second-order valence-electron chi connectivity index (χ2n) is 9.26. The van der Waals surface area contributed by atoms with Crippen molar-refractivity contribution in [1.29, 1.82) is 0 Å². The van der Waals surface area contributed by atoms with Crippen LogP contribution in [0, 0.1) is 23.4 Å². The van der Waals surface area contributed by atoms with Gasteiger partial charge in [0.2, 0.25) is 5.91 Å². The normalized spacial score (nSPS) is 18.7. The molecule has 1 saturated carbocycles. The largest absolute Gasteiger partial charge is 0.355 e. The minimum absolute atomic E-state index is 0.0397. The van der Waals surface area contributed by atoms with Gasteiger partial charge in [0.1, 0.15) is 17.5 Å². The molecule has 1 heterocycles. The molecule has 7 heteroatoms. The van der Waals surface area contributed by atoms with E-state index in [1.165, 1.54) is 17.0 Å². The van der Waals surface area contributed by atoms with E-state index in [0.717, 1.165) is 49.8 Å². The van der Waals surface area contributed by atoms with Crippen molar-refractivity contribution in [2.24, 2.45) is 5.92 Å². The maximum atomic E-state index is 14.0. The Morgan fingerprint density at radius 1 is 0.909 bits per heavy atom. The van der Waals surface area contributed by atoms with E-state index in [2.05, 4.69) is 5.32 Å². The number of nitrogens with zero attached hydrogens (tertiary/aromatic N) is 1. The first-order valence-electron chi connectivity index (χ1n) is 11.7. The van der Waals surface area contributed by atoms with Crippen LogP contribution in [0.1, 0.15) is 60.9 Å². The van der Waals surface area contributed by atoms with Gasteiger partial charge in [-0.1, -0.05) is 31.4 Å². The zero-order chi connectivity index (χ0) is 23.4. The Morgan fingerprint density at radius 3 is 2.18 bits per heavy atom. The number of benzene rings is 2. The van der Waals surface area contributed by atoms with Crippen molar-refractivity contribution in [3.05, 3.63) is 71.0 Å². The zero-order valence-electron chi connectivity index (χ0n) is 18.6. The molecule has 4 nitrogen and oxygen atoms in total. The number of carbonyl (C=O) groups is 2. The lowest BCUT2D eigenvalue weighted by molar-refractivity contribution is -0.126. The number of hydrogen-bond acceptors (Lipinski definition) is 2. The molecule has 1 aliphatic heterocycles. The Kier molecular flexibility index (Phi) is 7.05. The van der Waals surface area contributed by atoms with E-state index < -0.39 is 17.5 Å². The van der Waals surface area contributed by atoms with Crippen molar-refractivity contribution < 1.29 is 22.8 Å². The molecule has 0 radical (unpaired) electrons. The number of likely N-dealkylation sites (tertiary alicyclic amines) is 1. The van der Waals surface area contributed by atoms with Crippen LogP contribution in [0.4, 0.5) is 13.2 Å². The van der Waals surface area contributed by atoms with Gasteiger partial charge in [-0.15, -0.1) is 0 Å². The Labute approximate surface area is 192 Å². The summed E-state index contributed by atoms with van der Waals surface area (Å²) in [5.41, 5.74) is 0.724. The Hall–Kier alpha value is -2.83. The Balaban J connectivity index is 1.34. The first kappa shape index (κ1) is 23.3. The van der Waals surface area contributed by atoms with E-state index >= 15 is 0 Å². The molecule has 0 atom stereocenters. The summed E-state index contributed by atoms with van der Waals surface area (Å²) >= 11 is 0. The van der Waals surface area contributed by atoms with Gasteiger partial charge in [0.05, 0.1) is 5.56 Å². The van der Waals surface area contributed by atoms with Crippen molar-refractivity contribution in [2.75, 3.05) is 19.6 Å². The molecule has 1 N–H and O–H groups in total. The smallest absolute Gasteiger partial charge is 0.256 e. The quantitative estimate of drug-likeness (QED) is 0.688. The molecule has 4 rings (SSSR count). The highest BCUT2D eigenvalue weighted by atomic mass is 19.1. The molecule has 2 aliphatic rings. The van der Waals surface area contributed by atoms with Crippen molar-refractivity contribution in [1.82, 2.24) is 10.2 Å². The van der Waals surface area contributed by atoms with E-state index in [4.69, 9.17) is 0 Å². The van der Waals surface area contributed by atoms with Crippen LogP contribution in [0.15, 0.2) is 42.5 Å². The molecule has 2 amide bonds. The molecule has 0 aromatic heterocycles. The number of halogens is 3. The number of hydrogen-bond donors (Lipinski definition) is 1. The first-order chi connectivity index (χ1) is 15.9. The monoisotopic (exact) mass is 458 g/mol. The number of piperidine rings is 1. The topological polar surface area (TPSA) is 49.4 Å². The molecule has 0 bridgehead atoms. The summed E-state index contributed by atoms with van der Waals surface area (Å²) in [4.78, 5) is 27.0. The molecule has 1 aliphatic carbocycles. The summed E-state index contributed by atoms with van der Waals surface area (Å²) in [5.74, 6) is -2.61. The standard InChI is InChI=1S/C26H29F3N2O2/c27-20-6-4-19(5-7-20)26(12-2-1-3-13-26)17-30-24(32)18-10-14-31(15-11-18)25(33)22-9-8-21(28)16-23(22)29/h4-9,16,18H,1-3,10-15,17H2,(H,30,32). The van der Waals surface area contributed by atoms with Crippen molar-refractivity contribution in [3.8, 4) is 0 Å². The molecule has 2 aromatic carbocycles. The van der Waals surface area contributed by atoms with E-state index in [-0.39, 0.29) is 28.6 Å². The van der Waals surface area contributed by atoms with E-state index in [0.29, 0.717) is 38.5 Å². The van der Waals surface area contributed by atoms with Crippen LogP contribution < -0.4 is 5.32 Å². The number of carbonyl (C=O) groups excluding carboxylic acids is 2. The lowest BCUT2D eigenvalue weighted by atomic mass is 9.69. The van der Waals surface area contributed by atoms with Gasteiger partial charge in [0, 0.05) is 37.0 Å². The molecule has 2 aromatic rings. The second kappa shape index (κ2) is 9.98. The predicted octanol–water partition coefficient (Wildman–Crippen LogP) is 4.97. The highest BCUT2D eigenvalue weighted by molar-refractivity contribution is 5.94. The summed E-state index contributed by atoms with van der Waals surface area (Å²) in [6, 6.07) is 9.53. The number of rotatable bonds is 5. The SMILES string of the molecule is O=C(NCC1(c2ccc(F)cc2)CCCCC1)C1CCN(C(=O)c2ccc(F)cc2F)CC1. The fraction of sp³-hybridized carbons (Fsp3) is 0.462. The molecule has 33 heavy (non-hydrogen) atoms. The maximum Gasteiger partial charge on any atom is 0.256 e. The van der Waals surface area contributed by atoms with Gasteiger partial charge in [-0.05, 0) is 55.5 Å². The summed E-state index contributed by atoms with van der Waals surface area (Å²) < 4.78 is 40.5. The van der Waals surface area contributed by atoms with Gasteiger partial charge >= 0.3 is 0 Å². The van der Waals surface area contributed by atoms with Crippen LogP contribution in [0.3, 0.4) is 0 Å². The summed E-state index contributed by atoms with van der Waals surface area (Å²) in [5, 5.41) is 3.13. The van der Waals surface area contributed by atoms with Crippen LogP contribution in [0.2, 0.25) is 0 Å². The number of nitrogens with one attached hydrogen (secondary N) is 1. The molecule has 176 valence electrons. The highest BCUT2D eigenvalue weighted by Crippen LogP contribution is 2.39. The highest BCUT2D eigenvalue weighted by Gasteiger charge is 2.36. The third-order valence-corrected chi connectivity index (χ3v) is 7.18. The van der Waals surface area contributed by atoms with E-state index in [1.807, 2.05) is 12.1 Å². The van der Waals surface area contributed by atoms with Gasteiger partial charge in [0.25, 0.3) is 5.91 Å².